The molecule has 3 aromatic rings. The van der Waals surface area contributed by atoms with Crippen molar-refractivity contribution < 1.29 is 14.6 Å². The lowest BCUT2D eigenvalue weighted by Gasteiger charge is -2.19. The van der Waals surface area contributed by atoms with Crippen molar-refractivity contribution in [2.75, 3.05) is 6.61 Å². The Balaban J connectivity index is 1.58. The molecule has 0 bridgehead atoms. The number of non-ortho nitro benzene ring substituents is 1. The highest BCUT2D eigenvalue weighted by Gasteiger charge is 2.16. The smallest absolute Gasteiger partial charge is 0.269 e. The molecule has 3 aromatic carbocycles. The zero-order chi connectivity index (χ0) is 20.5. The quantitative estimate of drug-likeness (QED) is 0.360. The van der Waals surface area contributed by atoms with Gasteiger partial charge in [-0.15, -0.1) is 0 Å². The molecule has 0 spiro atoms. The third-order valence-electron chi connectivity index (χ3n) is 4.15. The maximum atomic E-state index is 12.3. The summed E-state index contributed by atoms with van der Waals surface area (Å²) in [5.74, 6) is -0.316. The van der Waals surface area contributed by atoms with Crippen LogP contribution in [0.1, 0.15) is 22.7 Å². The van der Waals surface area contributed by atoms with Crippen molar-refractivity contribution >= 4 is 17.8 Å². The Morgan fingerprint density at radius 1 is 0.966 bits per heavy atom. The zero-order valence-corrected chi connectivity index (χ0v) is 15.5. The highest BCUT2D eigenvalue weighted by molar-refractivity contribution is 5.80. The number of rotatable bonds is 8. The van der Waals surface area contributed by atoms with E-state index in [1.54, 1.807) is 12.1 Å². The topological polar surface area (TPSA) is 93.8 Å². The molecule has 0 aliphatic rings. The predicted octanol–water partition coefficient (Wildman–Crippen LogP) is 3.85. The van der Waals surface area contributed by atoms with Crippen molar-refractivity contribution in [3.63, 3.8) is 0 Å². The van der Waals surface area contributed by atoms with Gasteiger partial charge in [-0.1, -0.05) is 65.8 Å². The SMILES string of the molecule is O=C(CO/N=C\c1ccc([N+](=O)[O-])cc1)NC(c1ccccc1)c1ccccc1. The molecule has 29 heavy (non-hydrogen) atoms. The fourth-order valence-electron chi connectivity index (χ4n) is 2.73. The van der Waals surface area contributed by atoms with Crippen molar-refractivity contribution in [3.8, 4) is 0 Å². The number of oxime groups is 1. The lowest BCUT2D eigenvalue weighted by molar-refractivity contribution is -0.384. The number of benzene rings is 3. The van der Waals surface area contributed by atoms with E-state index in [1.807, 2.05) is 60.7 Å². The number of carbonyl (C=O) groups is 1. The van der Waals surface area contributed by atoms with Gasteiger partial charge in [-0.3, -0.25) is 14.9 Å². The van der Waals surface area contributed by atoms with Gasteiger partial charge in [0.05, 0.1) is 17.2 Å². The number of nitrogens with zero attached hydrogens (tertiary/aromatic N) is 2. The van der Waals surface area contributed by atoms with Crippen LogP contribution in [-0.4, -0.2) is 23.7 Å². The van der Waals surface area contributed by atoms with Gasteiger partial charge in [0, 0.05) is 12.1 Å². The lowest BCUT2D eigenvalue weighted by atomic mass is 9.99. The Morgan fingerprint density at radius 2 is 1.52 bits per heavy atom. The number of nitrogens with one attached hydrogen (secondary N) is 1. The molecule has 0 aromatic heterocycles. The van der Waals surface area contributed by atoms with Crippen LogP contribution in [0.5, 0.6) is 0 Å². The van der Waals surface area contributed by atoms with E-state index in [2.05, 4.69) is 10.5 Å². The van der Waals surface area contributed by atoms with Crippen LogP contribution in [0.3, 0.4) is 0 Å². The fourth-order valence-corrected chi connectivity index (χ4v) is 2.73. The van der Waals surface area contributed by atoms with Gasteiger partial charge < -0.3 is 10.2 Å². The van der Waals surface area contributed by atoms with E-state index in [1.165, 1.54) is 18.3 Å². The molecule has 0 heterocycles. The minimum absolute atomic E-state index is 0.00434. The van der Waals surface area contributed by atoms with Crippen molar-refractivity contribution in [1.29, 1.82) is 0 Å². The van der Waals surface area contributed by atoms with Crippen LogP contribution >= 0.6 is 0 Å². The van der Waals surface area contributed by atoms with Gasteiger partial charge in [0.15, 0.2) is 6.61 Å². The zero-order valence-electron chi connectivity index (χ0n) is 15.5. The molecule has 0 fully saturated rings. The van der Waals surface area contributed by atoms with Gasteiger partial charge in [0.1, 0.15) is 0 Å². The highest BCUT2D eigenvalue weighted by Crippen LogP contribution is 2.21. The molecule has 0 aliphatic carbocycles. The number of carbonyl (C=O) groups excluding carboxylic acids is 1. The average Bonchev–Trinajstić information content (AvgIpc) is 2.76. The average molecular weight is 389 g/mol. The van der Waals surface area contributed by atoms with Crippen LogP contribution in [0.25, 0.3) is 0 Å². The van der Waals surface area contributed by atoms with E-state index >= 15 is 0 Å². The van der Waals surface area contributed by atoms with E-state index in [0.29, 0.717) is 5.56 Å². The molecule has 0 saturated carbocycles. The van der Waals surface area contributed by atoms with Crippen LogP contribution in [0, 0.1) is 10.1 Å². The van der Waals surface area contributed by atoms with E-state index in [-0.39, 0.29) is 24.2 Å². The summed E-state index contributed by atoms with van der Waals surface area (Å²) in [6, 6.07) is 24.9. The molecule has 0 saturated heterocycles. The Morgan fingerprint density at radius 3 is 2.03 bits per heavy atom. The molecule has 0 aliphatic heterocycles. The molecular formula is C22H19N3O4. The molecule has 7 heteroatoms. The standard InChI is InChI=1S/C22H19N3O4/c26-21(16-29-23-15-17-11-13-20(14-12-17)25(27)28)24-22(18-7-3-1-4-8-18)19-9-5-2-6-10-19/h1-15,22H,16H2,(H,24,26)/b23-15-. The third-order valence-corrected chi connectivity index (χ3v) is 4.15. The van der Waals surface area contributed by atoms with E-state index < -0.39 is 4.92 Å². The summed E-state index contributed by atoms with van der Waals surface area (Å²) >= 11 is 0. The van der Waals surface area contributed by atoms with Gasteiger partial charge in [0.25, 0.3) is 11.6 Å². The molecule has 7 nitrogen and oxygen atoms in total. The lowest BCUT2D eigenvalue weighted by Crippen LogP contribution is -2.31. The Labute approximate surface area is 167 Å². The minimum Gasteiger partial charge on any atom is -0.386 e. The van der Waals surface area contributed by atoms with Crippen molar-refractivity contribution in [3.05, 3.63) is 112 Å². The number of hydrogen-bond acceptors (Lipinski definition) is 5. The number of nitro groups is 1. The van der Waals surface area contributed by atoms with Crippen molar-refractivity contribution in [2.45, 2.75) is 6.04 Å². The van der Waals surface area contributed by atoms with Gasteiger partial charge in [-0.25, -0.2) is 0 Å². The second kappa shape index (κ2) is 9.80. The number of amides is 1. The first-order valence-electron chi connectivity index (χ1n) is 8.92. The van der Waals surface area contributed by atoms with Crippen LogP contribution in [0.2, 0.25) is 0 Å². The van der Waals surface area contributed by atoms with E-state index in [0.717, 1.165) is 11.1 Å². The highest BCUT2D eigenvalue weighted by atomic mass is 16.6. The predicted molar refractivity (Wildman–Crippen MR) is 110 cm³/mol. The van der Waals surface area contributed by atoms with Crippen molar-refractivity contribution in [1.82, 2.24) is 5.32 Å². The third kappa shape index (κ3) is 5.74. The van der Waals surface area contributed by atoms with Crippen LogP contribution < -0.4 is 5.32 Å². The molecule has 0 radical (unpaired) electrons. The fraction of sp³-hybridized carbons (Fsp3) is 0.0909. The van der Waals surface area contributed by atoms with E-state index in [9.17, 15) is 14.9 Å². The first-order chi connectivity index (χ1) is 14.1. The second-order valence-electron chi connectivity index (χ2n) is 6.18. The largest absolute Gasteiger partial charge is 0.386 e. The molecule has 1 N–H and O–H groups in total. The second-order valence-corrected chi connectivity index (χ2v) is 6.18. The molecule has 0 atom stereocenters. The summed E-state index contributed by atoms with van der Waals surface area (Å²) in [5, 5.41) is 17.4. The Bertz CT molecular complexity index is 934. The van der Waals surface area contributed by atoms with Gasteiger partial charge in [0.2, 0.25) is 0 Å². The minimum atomic E-state index is -0.475. The maximum absolute atomic E-state index is 12.3. The molecule has 3 rings (SSSR count). The monoisotopic (exact) mass is 389 g/mol. The van der Waals surface area contributed by atoms with Crippen LogP contribution in [0.4, 0.5) is 5.69 Å². The maximum Gasteiger partial charge on any atom is 0.269 e. The summed E-state index contributed by atoms with van der Waals surface area (Å²) in [5.41, 5.74) is 2.54. The van der Waals surface area contributed by atoms with Crippen molar-refractivity contribution in [2.24, 2.45) is 5.16 Å². The van der Waals surface area contributed by atoms with Gasteiger partial charge in [-0.05, 0) is 28.8 Å². The van der Waals surface area contributed by atoms with E-state index in [4.69, 9.17) is 4.84 Å². The molecule has 146 valence electrons. The molecular weight excluding hydrogens is 370 g/mol. The molecule has 0 unspecified atom stereocenters. The summed E-state index contributed by atoms with van der Waals surface area (Å²) in [6.07, 6.45) is 1.39. The first-order valence-corrected chi connectivity index (χ1v) is 8.92. The summed E-state index contributed by atoms with van der Waals surface area (Å²) < 4.78 is 0. The number of nitro benzene ring substituents is 1. The summed E-state index contributed by atoms with van der Waals surface area (Å²) in [7, 11) is 0. The van der Waals surface area contributed by atoms with Crippen LogP contribution in [0.15, 0.2) is 90.1 Å². The van der Waals surface area contributed by atoms with Gasteiger partial charge in [-0.2, -0.15) is 0 Å². The molecule has 1 amide bonds. The Hall–Kier alpha value is -4.00. The number of hydrogen-bond donors (Lipinski definition) is 1. The van der Waals surface area contributed by atoms with Gasteiger partial charge >= 0.3 is 0 Å². The normalized spacial score (nSPS) is 10.8. The Kier molecular flexibility index (Phi) is 6.67. The first kappa shape index (κ1) is 19.8. The summed E-state index contributed by atoms with van der Waals surface area (Å²) in [4.78, 5) is 27.6. The van der Waals surface area contributed by atoms with Crippen LogP contribution in [-0.2, 0) is 9.63 Å². The summed E-state index contributed by atoms with van der Waals surface area (Å²) in [6.45, 7) is -0.250.